The summed E-state index contributed by atoms with van der Waals surface area (Å²) in [4.78, 5) is 30.7. The molecule has 21 heavy (non-hydrogen) atoms. The minimum atomic E-state index is -0.419. The Kier molecular flexibility index (Phi) is 5.27. The van der Waals surface area contributed by atoms with E-state index in [-0.39, 0.29) is 5.56 Å². The van der Waals surface area contributed by atoms with E-state index in [1.807, 2.05) is 4.57 Å². The Morgan fingerprint density at radius 2 is 1.90 bits per heavy atom. The van der Waals surface area contributed by atoms with E-state index in [1.54, 1.807) is 18.8 Å². The van der Waals surface area contributed by atoms with Gasteiger partial charge in [-0.3, -0.25) is 14.3 Å². The number of fused-ring (bicyclic) bond motifs is 1. The molecule has 1 N–H and O–H groups in total. The number of rotatable bonds is 7. The van der Waals surface area contributed by atoms with Crippen molar-refractivity contribution in [2.24, 2.45) is 7.05 Å². The van der Waals surface area contributed by atoms with E-state index in [4.69, 9.17) is 0 Å². The van der Waals surface area contributed by atoms with Gasteiger partial charge in [0.05, 0.1) is 0 Å². The fraction of sp³-hybridized carbons (Fsp3) is 0.643. The second-order valence-corrected chi connectivity index (χ2v) is 6.15. The molecule has 2 aromatic rings. The number of aromatic nitrogens is 4. The largest absolute Gasteiger partial charge is 0.329 e. The van der Waals surface area contributed by atoms with Crippen molar-refractivity contribution >= 4 is 22.9 Å². The Labute approximate surface area is 127 Å². The van der Waals surface area contributed by atoms with Gasteiger partial charge >= 0.3 is 5.69 Å². The molecule has 0 aliphatic carbocycles. The maximum absolute atomic E-state index is 12.1. The lowest BCUT2D eigenvalue weighted by molar-refractivity contribution is 0.600. The highest BCUT2D eigenvalue weighted by Gasteiger charge is 2.16. The van der Waals surface area contributed by atoms with E-state index in [1.165, 1.54) is 4.57 Å². The highest BCUT2D eigenvalue weighted by molar-refractivity contribution is 7.99. The first-order valence-corrected chi connectivity index (χ1v) is 8.41. The van der Waals surface area contributed by atoms with Gasteiger partial charge in [0.1, 0.15) is 0 Å². The molecule has 0 unspecified atom stereocenters. The van der Waals surface area contributed by atoms with Gasteiger partial charge in [0.2, 0.25) is 0 Å². The fourth-order valence-corrected chi connectivity index (χ4v) is 3.26. The van der Waals surface area contributed by atoms with Crippen molar-refractivity contribution in [2.75, 3.05) is 5.75 Å². The van der Waals surface area contributed by atoms with Crippen LogP contribution < -0.4 is 11.2 Å². The van der Waals surface area contributed by atoms with Crippen LogP contribution in [0.15, 0.2) is 14.7 Å². The Morgan fingerprint density at radius 3 is 2.57 bits per heavy atom. The van der Waals surface area contributed by atoms with Crippen LogP contribution in [0.3, 0.4) is 0 Å². The van der Waals surface area contributed by atoms with Crippen LogP contribution in [0.1, 0.15) is 39.5 Å². The number of aromatic amines is 1. The minimum Gasteiger partial charge on any atom is -0.313 e. The van der Waals surface area contributed by atoms with Crippen LogP contribution in [0.5, 0.6) is 0 Å². The summed E-state index contributed by atoms with van der Waals surface area (Å²) in [6.45, 7) is 5.01. The van der Waals surface area contributed by atoms with Crippen molar-refractivity contribution in [3.05, 3.63) is 20.8 Å². The number of unbranched alkanes of at least 4 members (excludes halogenated alkanes) is 2. The van der Waals surface area contributed by atoms with E-state index in [0.29, 0.717) is 11.2 Å². The smallest absolute Gasteiger partial charge is 0.313 e. The van der Waals surface area contributed by atoms with Gasteiger partial charge in [-0.05, 0) is 12.8 Å². The minimum absolute atomic E-state index is 0.348. The van der Waals surface area contributed by atoms with Crippen molar-refractivity contribution in [1.29, 1.82) is 0 Å². The van der Waals surface area contributed by atoms with Crippen LogP contribution in [0, 0.1) is 0 Å². The van der Waals surface area contributed by atoms with E-state index in [0.717, 1.165) is 43.1 Å². The maximum Gasteiger partial charge on any atom is 0.329 e. The van der Waals surface area contributed by atoms with Crippen molar-refractivity contribution in [2.45, 2.75) is 51.2 Å². The van der Waals surface area contributed by atoms with Crippen LogP contribution in [-0.2, 0) is 13.6 Å². The van der Waals surface area contributed by atoms with Crippen LogP contribution in [-0.4, -0.2) is 24.9 Å². The Bertz CT molecular complexity index is 729. The number of hydrogen-bond acceptors (Lipinski definition) is 4. The summed E-state index contributed by atoms with van der Waals surface area (Å²) < 4.78 is 3.36. The van der Waals surface area contributed by atoms with Crippen LogP contribution in [0.2, 0.25) is 0 Å². The predicted molar refractivity (Wildman–Crippen MR) is 86.1 cm³/mol. The summed E-state index contributed by atoms with van der Waals surface area (Å²) in [7, 11) is 1.64. The molecule has 0 aromatic carbocycles. The molecule has 116 valence electrons. The number of imidazole rings is 1. The van der Waals surface area contributed by atoms with Gasteiger partial charge in [0, 0.05) is 19.3 Å². The summed E-state index contributed by atoms with van der Waals surface area (Å²) >= 11 is 1.65. The molecule has 0 fully saturated rings. The first kappa shape index (κ1) is 15.9. The third-order valence-electron chi connectivity index (χ3n) is 3.44. The molecule has 0 aliphatic rings. The number of aryl methyl sites for hydroxylation is 2. The first-order valence-electron chi connectivity index (χ1n) is 7.42. The Balaban J connectivity index is 2.55. The van der Waals surface area contributed by atoms with Crippen LogP contribution in [0.25, 0.3) is 11.2 Å². The number of H-pyrrole nitrogens is 1. The summed E-state index contributed by atoms with van der Waals surface area (Å²) in [5.74, 6) is 0.970. The molecule has 2 heterocycles. The zero-order chi connectivity index (χ0) is 15.4. The zero-order valence-corrected chi connectivity index (χ0v) is 13.6. The third kappa shape index (κ3) is 3.23. The molecular weight excluding hydrogens is 288 g/mol. The van der Waals surface area contributed by atoms with Gasteiger partial charge in [-0.15, -0.1) is 0 Å². The highest BCUT2D eigenvalue weighted by Crippen LogP contribution is 2.23. The standard InChI is InChI=1S/C14H22N4O2S/c1-4-6-8-18-10-11(15-14(18)21-9-7-5-2)17(3)13(20)16-12(10)19/h4-9H2,1-3H3,(H,16,19,20). The van der Waals surface area contributed by atoms with E-state index in [9.17, 15) is 9.59 Å². The second-order valence-electron chi connectivity index (χ2n) is 5.09. The first-order chi connectivity index (χ1) is 10.1. The summed E-state index contributed by atoms with van der Waals surface area (Å²) in [6.07, 6.45) is 4.26. The van der Waals surface area contributed by atoms with Gasteiger partial charge in [0.15, 0.2) is 16.3 Å². The van der Waals surface area contributed by atoms with Gasteiger partial charge in [-0.2, -0.15) is 0 Å². The summed E-state index contributed by atoms with van der Waals surface area (Å²) in [5.41, 5.74) is 0.209. The molecule has 0 amide bonds. The predicted octanol–water partition coefficient (Wildman–Crippen LogP) is 2.12. The quantitative estimate of drug-likeness (QED) is 0.628. The SMILES string of the molecule is CCCCSc1nc2c(c(=O)[nH]c(=O)n2C)n1CCCC. The number of nitrogens with one attached hydrogen (secondary N) is 1. The normalized spacial score (nSPS) is 11.4. The third-order valence-corrected chi connectivity index (χ3v) is 4.50. The second kappa shape index (κ2) is 6.98. The number of thioether (sulfide) groups is 1. The molecule has 0 saturated carbocycles. The molecule has 0 atom stereocenters. The van der Waals surface area contributed by atoms with E-state index < -0.39 is 5.69 Å². The lowest BCUT2D eigenvalue weighted by Crippen LogP contribution is -2.29. The average molecular weight is 310 g/mol. The average Bonchev–Trinajstić information content (AvgIpc) is 2.82. The van der Waals surface area contributed by atoms with Crippen molar-refractivity contribution in [1.82, 2.24) is 19.1 Å². The van der Waals surface area contributed by atoms with E-state index >= 15 is 0 Å². The number of hydrogen-bond donors (Lipinski definition) is 1. The molecule has 0 radical (unpaired) electrons. The molecule has 6 nitrogen and oxygen atoms in total. The maximum atomic E-state index is 12.1. The number of nitrogens with zero attached hydrogens (tertiary/aromatic N) is 3. The van der Waals surface area contributed by atoms with Crippen molar-refractivity contribution in [3.8, 4) is 0 Å². The summed E-state index contributed by atoms with van der Waals surface area (Å²) in [6, 6.07) is 0. The zero-order valence-electron chi connectivity index (χ0n) is 12.8. The molecule has 0 spiro atoms. The molecule has 0 saturated heterocycles. The van der Waals surface area contributed by atoms with Crippen molar-refractivity contribution in [3.63, 3.8) is 0 Å². The Hall–Kier alpha value is -1.50. The molecule has 2 rings (SSSR count). The topological polar surface area (TPSA) is 72.7 Å². The molecule has 7 heteroatoms. The van der Waals surface area contributed by atoms with Gasteiger partial charge < -0.3 is 4.57 Å². The monoisotopic (exact) mass is 310 g/mol. The Morgan fingerprint density at radius 1 is 1.19 bits per heavy atom. The molecule has 2 aromatic heterocycles. The lowest BCUT2D eigenvalue weighted by Gasteiger charge is -2.07. The van der Waals surface area contributed by atoms with Gasteiger partial charge in [0.25, 0.3) is 5.56 Å². The highest BCUT2D eigenvalue weighted by atomic mass is 32.2. The van der Waals surface area contributed by atoms with Crippen LogP contribution >= 0.6 is 11.8 Å². The lowest BCUT2D eigenvalue weighted by atomic mass is 10.3. The van der Waals surface area contributed by atoms with Crippen LogP contribution in [0.4, 0.5) is 0 Å². The molecular formula is C14H22N4O2S. The molecule has 0 aliphatic heterocycles. The van der Waals surface area contributed by atoms with E-state index in [2.05, 4.69) is 23.8 Å². The van der Waals surface area contributed by atoms with Gasteiger partial charge in [-0.25, -0.2) is 9.78 Å². The van der Waals surface area contributed by atoms with Gasteiger partial charge in [-0.1, -0.05) is 38.5 Å². The summed E-state index contributed by atoms with van der Waals surface area (Å²) in [5, 5.41) is 0.832. The fourth-order valence-electron chi connectivity index (χ4n) is 2.16. The van der Waals surface area contributed by atoms with Crippen molar-refractivity contribution < 1.29 is 0 Å². The molecule has 0 bridgehead atoms.